The third-order valence-corrected chi connectivity index (χ3v) is 4.97. The lowest BCUT2D eigenvalue weighted by Gasteiger charge is -2.08. The third kappa shape index (κ3) is 3.19. The van der Waals surface area contributed by atoms with Crippen LogP contribution in [0.15, 0.2) is 48.5 Å². The van der Waals surface area contributed by atoms with Crippen LogP contribution in [0.2, 0.25) is 5.02 Å². The lowest BCUT2D eigenvalue weighted by Crippen LogP contribution is -2.16. The van der Waals surface area contributed by atoms with Gasteiger partial charge < -0.3 is 11.1 Å². The zero-order chi connectivity index (χ0) is 19.0. The second-order valence-corrected chi connectivity index (χ2v) is 6.79. The number of hydrogen-bond acceptors (Lipinski definition) is 3. The Morgan fingerprint density at radius 1 is 1.11 bits per heavy atom. The summed E-state index contributed by atoms with van der Waals surface area (Å²) in [6, 6.07) is 14.2. The summed E-state index contributed by atoms with van der Waals surface area (Å²) in [4.78, 5) is 24.3. The average Bonchev–Trinajstić information content (AvgIpc) is 3.26. The largest absolute Gasteiger partial charge is 0.366 e. The van der Waals surface area contributed by atoms with Crippen molar-refractivity contribution in [2.24, 2.45) is 5.73 Å². The SMILES string of the molecule is NC(=O)c1ccc(Cl)c(NC(=O)c2nn(-c3ccccc3)c3c2CCC3)c1. The molecule has 2 amide bonds. The van der Waals surface area contributed by atoms with Crippen LogP contribution in [0.1, 0.15) is 38.5 Å². The van der Waals surface area contributed by atoms with Crippen LogP contribution in [0.25, 0.3) is 5.69 Å². The van der Waals surface area contributed by atoms with Gasteiger partial charge in [-0.05, 0) is 49.6 Å². The second-order valence-electron chi connectivity index (χ2n) is 6.39. The predicted octanol–water partition coefficient (Wildman–Crippen LogP) is 3.37. The number of halogens is 1. The number of para-hydroxylation sites is 1. The number of anilines is 1. The quantitative estimate of drug-likeness (QED) is 0.727. The number of nitrogens with one attached hydrogen (secondary N) is 1. The molecule has 27 heavy (non-hydrogen) atoms. The summed E-state index contributed by atoms with van der Waals surface area (Å²) in [6.07, 6.45) is 2.67. The summed E-state index contributed by atoms with van der Waals surface area (Å²) in [6.45, 7) is 0. The fourth-order valence-corrected chi connectivity index (χ4v) is 3.52. The normalized spacial score (nSPS) is 12.6. The Labute approximate surface area is 160 Å². The van der Waals surface area contributed by atoms with E-state index in [9.17, 15) is 9.59 Å². The molecule has 1 aliphatic rings. The van der Waals surface area contributed by atoms with Crippen molar-refractivity contribution in [2.75, 3.05) is 5.32 Å². The molecule has 3 N–H and O–H groups in total. The van der Waals surface area contributed by atoms with Gasteiger partial charge in [0.1, 0.15) is 0 Å². The molecule has 1 aromatic heterocycles. The zero-order valence-corrected chi connectivity index (χ0v) is 15.2. The molecule has 1 aliphatic carbocycles. The van der Waals surface area contributed by atoms with Crippen molar-refractivity contribution in [3.63, 3.8) is 0 Å². The Morgan fingerprint density at radius 3 is 2.63 bits per heavy atom. The number of nitrogens with zero attached hydrogens (tertiary/aromatic N) is 2. The number of carbonyl (C=O) groups is 2. The second kappa shape index (κ2) is 6.89. The van der Waals surface area contributed by atoms with Crippen LogP contribution < -0.4 is 11.1 Å². The molecular formula is C20H17ClN4O2. The van der Waals surface area contributed by atoms with E-state index >= 15 is 0 Å². The van der Waals surface area contributed by atoms with Crippen molar-refractivity contribution in [2.45, 2.75) is 19.3 Å². The van der Waals surface area contributed by atoms with E-state index in [4.69, 9.17) is 17.3 Å². The molecule has 0 fully saturated rings. The van der Waals surface area contributed by atoms with Crippen LogP contribution in [0.5, 0.6) is 0 Å². The van der Waals surface area contributed by atoms with Crippen LogP contribution in [-0.2, 0) is 12.8 Å². The molecular weight excluding hydrogens is 364 g/mol. The standard InChI is InChI=1S/C20H17ClN4O2/c21-15-10-9-12(19(22)26)11-16(15)23-20(27)18-14-7-4-8-17(14)25(24-18)13-5-2-1-3-6-13/h1-3,5-6,9-11H,4,7-8H2,(H2,22,26)(H,23,27). The summed E-state index contributed by atoms with van der Waals surface area (Å²) >= 11 is 6.16. The Balaban J connectivity index is 1.70. The van der Waals surface area contributed by atoms with Gasteiger partial charge in [0, 0.05) is 16.8 Å². The highest BCUT2D eigenvalue weighted by atomic mass is 35.5. The fourth-order valence-electron chi connectivity index (χ4n) is 3.36. The van der Waals surface area contributed by atoms with Crippen molar-refractivity contribution in [1.29, 1.82) is 0 Å². The Kier molecular flexibility index (Phi) is 4.41. The van der Waals surface area contributed by atoms with Crippen molar-refractivity contribution < 1.29 is 9.59 Å². The highest BCUT2D eigenvalue weighted by molar-refractivity contribution is 6.34. The van der Waals surface area contributed by atoms with Crippen LogP contribution in [0, 0.1) is 0 Å². The van der Waals surface area contributed by atoms with Crippen molar-refractivity contribution in [3.05, 3.63) is 76.1 Å². The number of hydrogen-bond donors (Lipinski definition) is 2. The summed E-state index contributed by atoms with van der Waals surface area (Å²) in [5.41, 5.74) is 9.23. The van der Waals surface area contributed by atoms with Gasteiger partial charge in [-0.1, -0.05) is 29.8 Å². The smallest absolute Gasteiger partial charge is 0.276 e. The fraction of sp³-hybridized carbons (Fsp3) is 0.150. The van der Waals surface area contributed by atoms with Gasteiger partial charge in [0.15, 0.2) is 5.69 Å². The van der Waals surface area contributed by atoms with E-state index in [1.165, 1.54) is 18.2 Å². The molecule has 0 saturated heterocycles. The molecule has 4 rings (SSSR count). The molecule has 0 aliphatic heterocycles. The van der Waals surface area contributed by atoms with Crippen molar-refractivity contribution >= 4 is 29.1 Å². The summed E-state index contributed by atoms with van der Waals surface area (Å²) in [5, 5.41) is 7.64. The number of nitrogens with two attached hydrogens (primary N) is 1. The average molecular weight is 381 g/mol. The maximum absolute atomic E-state index is 12.9. The van der Waals surface area contributed by atoms with E-state index in [0.29, 0.717) is 16.4 Å². The first-order valence-electron chi connectivity index (χ1n) is 8.61. The molecule has 3 aromatic rings. The van der Waals surface area contributed by atoms with E-state index < -0.39 is 5.91 Å². The van der Waals surface area contributed by atoms with Crippen LogP contribution >= 0.6 is 11.6 Å². The topological polar surface area (TPSA) is 90.0 Å². The van der Waals surface area contributed by atoms with Gasteiger partial charge in [-0.3, -0.25) is 9.59 Å². The summed E-state index contributed by atoms with van der Waals surface area (Å²) in [5.74, 6) is -0.942. The molecule has 2 aromatic carbocycles. The van der Waals surface area contributed by atoms with E-state index in [1.54, 1.807) is 0 Å². The number of primary amides is 1. The number of benzene rings is 2. The molecule has 0 spiro atoms. The molecule has 0 radical (unpaired) electrons. The minimum Gasteiger partial charge on any atom is -0.366 e. The number of fused-ring (bicyclic) bond motifs is 1. The molecule has 0 bridgehead atoms. The number of aromatic nitrogens is 2. The molecule has 136 valence electrons. The first-order chi connectivity index (χ1) is 13.0. The third-order valence-electron chi connectivity index (χ3n) is 4.65. The summed E-state index contributed by atoms with van der Waals surface area (Å²) in [7, 11) is 0. The Hall–Kier alpha value is -3.12. The minimum atomic E-state index is -0.587. The van der Waals surface area contributed by atoms with E-state index in [0.717, 1.165) is 36.2 Å². The molecule has 1 heterocycles. The Morgan fingerprint density at radius 2 is 1.89 bits per heavy atom. The van der Waals surface area contributed by atoms with Gasteiger partial charge in [-0.25, -0.2) is 4.68 Å². The van der Waals surface area contributed by atoms with Gasteiger partial charge in [-0.15, -0.1) is 0 Å². The van der Waals surface area contributed by atoms with E-state index in [1.807, 2.05) is 35.0 Å². The lowest BCUT2D eigenvalue weighted by molar-refractivity contribution is 0.0995. The molecule has 7 heteroatoms. The minimum absolute atomic E-state index is 0.273. The predicted molar refractivity (Wildman–Crippen MR) is 104 cm³/mol. The molecule has 0 unspecified atom stereocenters. The van der Waals surface area contributed by atoms with Gasteiger partial charge >= 0.3 is 0 Å². The molecule has 6 nitrogen and oxygen atoms in total. The van der Waals surface area contributed by atoms with E-state index in [-0.39, 0.29) is 11.5 Å². The zero-order valence-electron chi connectivity index (χ0n) is 14.4. The van der Waals surface area contributed by atoms with Gasteiger partial charge in [0.05, 0.1) is 16.4 Å². The maximum atomic E-state index is 12.9. The van der Waals surface area contributed by atoms with Crippen LogP contribution in [0.3, 0.4) is 0 Å². The first-order valence-corrected chi connectivity index (χ1v) is 8.99. The van der Waals surface area contributed by atoms with Gasteiger partial charge in [0.25, 0.3) is 5.91 Å². The van der Waals surface area contributed by atoms with E-state index in [2.05, 4.69) is 10.4 Å². The maximum Gasteiger partial charge on any atom is 0.276 e. The Bertz CT molecular complexity index is 1040. The number of rotatable bonds is 4. The van der Waals surface area contributed by atoms with Crippen LogP contribution in [-0.4, -0.2) is 21.6 Å². The monoisotopic (exact) mass is 380 g/mol. The van der Waals surface area contributed by atoms with Crippen LogP contribution in [0.4, 0.5) is 5.69 Å². The highest BCUT2D eigenvalue weighted by Crippen LogP contribution is 2.29. The number of carbonyl (C=O) groups excluding carboxylic acids is 2. The van der Waals surface area contributed by atoms with Gasteiger partial charge in [-0.2, -0.15) is 5.10 Å². The van der Waals surface area contributed by atoms with Crippen molar-refractivity contribution in [3.8, 4) is 5.69 Å². The highest BCUT2D eigenvalue weighted by Gasteiger charge is 2.27. The molecule has 0 saturated carbocycles. The lowest BCUT2D eigenvalue weighted by atomic mass is 10.1. The summed E-state index contributed by atoms with van der Waals surface area (Å²) < 4.78 is 1.83. The number of amides is 2. The first kappa shape index (κ1) is 17.3. The van der Waals surface area contributed by atoms with Crippen molar-refractivity contribution in [1.82, 2.24) is 9.78 Å². The van der Waals surface area contributed by atoms with Gasteiger partial charge in [0.2, 0.25) is 5.91 Å². The molecule has 0 atom stereocenters.